The molecule has 1 atom stereocenters. The average molecular weight is 370 g/mol. The van der Waals surface area contributed by atoms with Crippen LogP contribution in [0.3, 0.4) is 0 Å². The first kappa shape index (κ1) is 16.3. The van der Waals surface area contributed by atoms with Gasteiger partial charge in [0.25, 0.3) is 0 Å². The summed E-state index contributed by atoms with van der Waals surface area (Å²) in [6.45, 7) is 1.96. The molecular weight excluding hydrogens is 352 g/mol. The molecule has 0 spiro atoms. The summed E-state index contributed by atoms with van der Waals surface area (Å²) in [5.41, 5.74) is 4.49. The number of nitrogens with two attached hydrogens (primary N) is 1. The van der Waals surface area contributed by atoms with Crippen LogP contribution in [0.2, 0.25) is 0 Å². The van der Waals surface area contributed by atoms with Crippen molar-refractivity contribution in [2.45, 2.75) is 12.8 Å². The van der Waals surface area contributed by atoms with Crippen LogP contribution in [0.4, 0.5) is 0 Å². The molecule has 3 N–H and O–H groups in total. The number of hydrogen-bond acceptors (Lipinski definition) is 5. The van der Waals surface area contributed by atoms with Crippen molar-refractivity contribution in [3.8, 4) is 17.4 Å². The first-order chi connectivity index (χ1) is 13.6. The molecule has 0 aliphatic carbocycles. The lowest BCUT2D eigenvalue weighted by molar-refractivity contribution is 0.397. The minimum Gasteiger partial charge on any atom is -0.420 e. The highest BCUT2D eigenvalue weighted by atomic mass is 16.5. The first-order valence-electron chi connectivity index (χ1n) is 8.94. The summed E-state index contributed by atoms with van der Waals surface area (Å²) >= 11 is 0. The van der Waals surface area contributed by atoms with Gasteiger partial charge in [-0.05, 0) is 24.6 Å². The minimum atomic E-state index is -0.242. The Morgan fingerprint density at radius 2 is 1.68 bits per heavy atom. The molecule has 0 saturated heterocycles. The minimum absolute atomic E-state index is 0.163. The molecule has 0 amide bonds. The average Bonchev–Trinajstić information content (AvgIpc) is 3.07. The third-order valence-corrected chi connectivity index (χ3v) is 5.01. The second kappa shape index (κ2) is 6.09. The van der Waals surface area contributed by atoms with Gasteiger partial charge < -0.3 is 10.6 Å². The van der Waals surface area contributed by atoms with Crippen molar-refractivity contribution in [2.24, 2.45) is 0 Å². The van der Waals surface area contributed by atoms with Crippen LogP contribution in [0.1, 0.15) is 28.3 Å². The number of ether oxygens (including phenoxy) is 1. The van der Waals surface area contributed by atoms with Gasteiger partial charge >= 0.3 is 0 Å². The summed E-state index contributed by atoms with van der Waals surface area (Å²) in [5.74, 6) is 6.68. The van der Waals surface area contributed by atoms with Gasteiger partial charge in [-0.3, -0.25) is 5.41 Å². The van der Waals surface area contributed by atoms with Crippen LogP contribution in [0.25, 0.3) is 5.69 Å². The van der Waals surface area contributed by atoms with E-state index in [-0.39, 0.29) is 11.4 Å². The summed E-state index contributed by atoms with van der Waals surface area (Å²) < 4.78 is 9.17. The van der Waals surface area contributed by atoms with Crippen LogP contribution in [-0.2, 0) is 0 Å². The lowest BCUT2D eigenvalue weighted by Crippen LogP contribution is -2.34. The largest absolute Gasteiger partial charge is 0.420 e. The van der Waals surface area contributed by atoms with E-state index in [1.54, 1.807) is 4.68 Å². The molecule has 0 unspecified atom stereocenters. The van der Waals surface area contributed by atoms with Gasteiger partial charge in [0, 0.05) is 0 Å². The number of aromatic nitrogens is 4. The fraction of sp³-hybridized carbons (Fsp3) is 0.0952. The van der Waals surface area contributed by atoms with E-state index in [4.69, 9.17) is 21.1 Å². The molecular formula is C21H18N6O. The Hall–Kier alpha value is -3.87. The second-order valence-electron chi connectivity index (χ2n) is 6.72. The van der Waals surface area contributed by atoms with E-state index in [2.05, 4.69) is 4.98 Å². The Morgan fingerprint density at radius 1 is 1.00 bits per heavy atom. The first-order valence-corrected chi connectivity index (χ1v) is 8.94. The van der Waals surface area contributed by atoms with Crippen molar-refractivity contribution < 1.29 is 4.74 Å². The predicted molar refractivity (Wildman–Crippen MR) is 104 cm³/mol. The Labute approximate surface area is 161 Å². The molecule has 3 heterocycles. The summed E-state index contributed by atoms with van der Waals surface area (Å²) in [5, 5.41) is 13.3. The maximum absolute atomic E-state index is 8.53. The van der Waals surface area contributed by atoms with Crippen LogP contribution in [0, 0.1) is 12.3 Å². The van der Waals surface area contributed by atoms with Gasteiger partial charge in [-0.2, -0.15) is 5.10 Å². The molecule has 1 aliphatic rings. The van der Waals surface area contributed by atoms with Crippen LogP contribution in [0.15, 0.2) is 67.0 Å². The number of para-hydroxylation sites is 1. The molecule has 7 nitrogen and oxygen atoms in total. The second-order valence-corrected chi connectivity index (χ2v) is 6.72. The molecule has 138 valence electrons. The summed E-state index contributed by atoms with van der Waals surface area (Å²) in [7, 11) is 0. The van der Waals surface area contributed by atoms with Gasteiger partial charge in [-0.1, -0.05) is 48.5 Å². The zero-order valence-corrected chi connectivity index (χ0v) is 15.2. The quantitative estimate of drug-likeness (QED) is 0.467. The van der Waals surface area contributed by atoms with E-state index in [0.717, 1.165) is 22.5 Å². The number of nitrogens with zero attached hydrogens (tertiary/aromatic N) is 4. The molecule has 0 radical (unpaired) electrons. The molecule has 7 heteroatoms. The Balaban J connectivity index is 1.82. The number of nitrogens with one attached hydrogen (secondary N) is 1. The number of aryl methyl sites for hydroxylation is 1. The molecule has 1 aliphatic heterocycles. The van der Waals surface area contributed by atoms with Crippen molar-refractivity contribution >= 4 is 0 Å². The van der Waals surface area contributed by atoms with Crippen LogP contribution < -0.4 is 16.1 Å². The van der Waals surface area contributed by atoms with Crippen molar-refractivity contribution in [3.05, 3.63) is 94.9 Å². The van der Waals surface area contributed by atoms with Gasteiger partial charge in [0.15, 0.2) is 5.49 Å². The fourth-order valence-electron chi connectivity index (χ4n) is 3.73. The Kier molecular flexibility index (Phi) is 3.55. The molecule has 4 aromatic rings. The Bertz CT molecular complexity index is 1230. The molecule has 2 aromatic carbocycles. The maximum Gasteiger partial charge on any atom is 0.230 e. The number of fused-ring (bicyclic) bond motifs is 2. The van der Waals surface area contributed by atoms with Gasteiger partial charge in [0.1, 0.15) is 6.33 Å². The van der Waals surface area contributed by atoms with Gasteiger partial charge in [0.05, 0.1) is 28.4 Å². The van der Waals surface area contributed by atoms with E-state index in [1.807, 2.05) is 67.6 Å². The van der Waals surface area contributed by atoms with E-state index in [0.29, 0.717) is 17.3 Å². The highest BCUT2D eigenvalue weighted by molar-refractivity contribution is 5.57. The standard InChI is InChI=1S/C21H18N6O/c1-13-16-17(14-8-4-2-5-9-14)18-19(22)26(23)12-24-20(18)28-21(16)27(25-13)15-10-6-3-7-11-15/h2-12,17,22H,23H2,1H3/t17-/m0/s1. The molecule has 0 bridgehead atoms. The zero-order chi connectivity index (χ0) is 19.3. The van der Waals surface area contributed by atoms with Crippen molar-refractivity contribution in [1.82, 2.24) is 19.4 Å². The third kappa shape index (κ3) is 2.33. The lowest BCUT2D eigenvalue weighted by Gasteiger charge is -2.26. The molecule has 2 aromatic heterocycles. The zero-order valence-electron chi connectivity index (χ0n) is 15.2. The number of rotatable bonds is 2. The topological polar surface area (TPSA) is 94.7 Å². The number of benzene rings is 2. The van der Waals surface area contributed by atoms with Crippen LogP contribution >= 0.6 is 0 Å². The summed E-state index contributed by atoms with van der Waals surface area (Å²) in [6.07, 6.45) is 1.39. The molecule has 28 heavy (non-hydrogen) atoms. The lowest BCUT2D eigenvalue weighted by atomic mass is 9.84. The monoisotopic (exact) mass is 370 g/mol. The molecule has 0 fully saturated rings. The highest BCUT2D eigenvalue weighted by Crippen LogP contribution is 2.46. The van der Waals surface area contributed by atoms with Crippen LogP contribution in [0.5, 0.6) is 11.8 Å². The predicted octanol–water partition coefficient (Wildman–Crippen LogP) is 2.86. The maximum atomic E-state index is 8.53. The number of nitrogen functional groups attached to an aromatic ring is 1. The number of hydrogen-bond donors (Lipinski definition) is 2. The molecule has 0 saturated carbocycles. The van der Waals surface area contributed by atoms with Crippen molar-refractivity contribution in [1.29, 1.82) is 5.41 Å². The van der Waals surface area contributed by atoms with Gasteiger partial charge in [-0.15, -0.1) is 0 Å². The normalized spacial score (nSPS) is 14.8. The van der Waals surface area contributed by atoms with Crippen LogP contribution in [-0.4, -0.2) is 19.4 Å². The summed E-state index contributed by atoms with van der Waals surface area (Å²) in [4.78, 5) is 4.35. The third-order valence-electron chi connectivity index (χ3n) is 5.01. The smallest absolute Gasteiger partial charge is 0.230 e. The summed E-state index contributed by atoms with van der Waals surface area (Å²) in [6, 6.07) is 19.9. The SMILES string of the molecule is Cc1nn(-c2ccccc2)c2c1[C@H](c1ccccc1)c1c(ncn(N)c1=N)O2. The van der Waals surface area contributed by atoms with Gasteiger partial charge in [0.2, 0.25) is 11.8 Å². The van der Waals surface area contributed by atoms with Crippen molar-refractivity contribution in [2.75, 3.05) is 5.84 Å². The van der Waals surface area contributed by atoms with Crippen molar-refractivity contribution in [3.63, 3.8) is 0 Å². The van der Waals surface area contributed by atoms with E-state index in [9.17, 15) is 0 Å². The fourth-order valence-corrected chi connectivity index (χ4v) is 3.73. The Morgan fingerprint density at radius 3 is 2.39 bits per heavy atom. The van der Waals surface area contributed by atoms with Gasteiger partial charge in [-0.25, -0.2) is 14.3 Å². The van der Waals surface area contributed by atoms with E-state index >= 15 is 0 Å². The highest BCUT2D eigenvalue weighted by Gasteiger charge is 2.36. The molecule has 5 rings (SSSR count). The van der Waals surface area contributed by atoms with E-state index in [1.165, 1.54) is 11.0 Å². The van der Waals surface area contributed by atoms with E-state index < -0.39 is 0 Å².